The van der Waals surface area contributed by atoms with Gasteiger partial charge in [0.05, 0.1) is 5.92 Å². The van der Waals surface area contributed by atoms with Crippen LogP contribution in [0.2, 0.25) is 13.1 Å². The molecule has 0 saturated heterocycles. The van der Waals surface area contributed by atoms with Crippen molar-refractivity contribution in [3.8, 4) is 0 Å². The number of carboxylic acid groups (broad SMARTS) is 1. The lowest BCUT2D eigenvalue weighted by Gasteiger charge is -2.32. The molecule has 0 rings (SSSR count). The second-order valence-corrected chi connectivity index (χ2v) is 7.91. The molecule has 0 amide bonds. The van der Waals surface area contributed by atoms with Crippen molar-refractivity contribution in [2.45, 2.75) is 40.8 Å². The molecule has 0 spiro atoms. The summed E-state index contributed by atoms with van der Waals surface area (Å²) in [4.78, 5) is 11.1. The number of hydrogen-bond acceptors (Lipinski definition) is 2. The van der Waals surface area contributed by atoms with Crippen LogP contribution in [0.3, 0.4) is 0 Å². The SMILES string of the molecule is C[C@H](C(CO[SiH](C)C)C(=O)O)C(C)(C)C. The van der Waals surface area contributed by atoms with Gasteiger partial charge in [-0.1, -0.05) is 27.7 Å². The Morgan fingerprint density at radius 1 is 1.40 bits per heavy atom. The summed E-state index contributed by atoms with van der Waals surface area (Å²) in [6, 6.07) is 0. The Hall–Kier alpha value is -0.353. The summed E-state index contributed by atoms with van der Waals surface area (Å²) in [6.07, 6.45) is 0. The topological polar surface area (TPSA) is 46.5 Å². The maximum atomic E-state index is 11.1. The van der Waals surface area contributed by atoms with E-state index in [0.29, 0.717) is 6.61 Å². The van der Waals surface area contributed by atoms with E-state index >= 15 is 0 Å². The average Bonchev–Trinajstić information content (AvgIpc) is 2.01. The van der Waals surface area contributed by atoms with E-state index in [0.717, 1.165) is 0 Å². The van der Waals surface area contributed by atoms with Crippen LogP contribution in [0.25, 0.3) is 0 Å². The zero-order valence-corrected chi connectivity index (χ0v) is 11.9. The molecule has 90 valence electrons. The first kappa shape index (κ1) is 14.6. The van der Waals surface area contributed by atoms with Crippen molar-refractivity contribution >= 4 is 15.0 Å². The zero-order valence-electron chi connectivity index (χ0n) is 10.7. The Morgan fingerprint density at radius 2 is 1.87 bits per heavy atom. The van der Waals surface area contributed by atoms with Crippen LogP contribution < -0.4 is 0 Å². The molecule has 0 fully saturated rings. The Bertz CT molecular complexity index is 208. The smallest absolute Gasteiger partial charge is 0.309 e. The number of rotatable bonds is 5. The molecule has 0 heterocycles. The van der Waals surface area contributed by atoms with Crippen LogP contribution in [0.15, 0.2) is 0 Å². The molecular weight excluding hydrogens is 208 g/mol. The second kappa shape index (κ2) is 5.65. The minimum Gasteiger partial charge on any atom is -0.481 e. The Morgan fingerprint density at radius 3 is 2.13 bits per heavy atom. The van der Waals surface area contributed by atoms with Gasteiger partial charge in [0.2, 0.25) is 0 Å². The number of hydrogen-bond donors (Lipinski definition) is 1. The van der Waals surface area contributed by atoms with Crippen molar-refractivity contribution in [1.82, 2.24) is 0 Å². The number of carbonyl (C=O) groups is 1. The van der Waals surface area contributed by atoms with E-state index in [2.05, 4.69) is 33.9 Å². The normalized spacial score (nSPS) is 16.5. The lowest BCUT2D eigenvalue weighted by Crippen LogP contribution is -2.35. The van der Waals surface area contributed by atoms with Crippen LogP contribution >= 0.6 is 0 Å². The predicted molar refractivity (Wildman–Crippen MR) is 64.6 cm³/mol. The van der Waals surface area contributed by atoms with Crippen molar-refractivity contribution in [3.63, 3.8) is 0 Å². The van der Waals surface area contributed by atoms with Gasteiger partial charge in [0.1, 0.15) is 0 Å². The highest BCUT2D eigenvalue weighted by molar-refractivity contribution is 6.48. The zero-order chi connectivity index (χ0) is 12.2. The Balaban J connectivity index is 4.46. The summed E-state index contributed by atoms with van der Waals surface area (Å²) in [5.74, 6) is -1.02. The van der Waals surface area contributed by atoms with E-state index in [1.165, 1.54) is 0 Å². The number of aliphatic carboxylic acids is 1. The third-order valence-corrected chi connectivity index (χ3v) is 3.76. The summed E-state index contributed by atoms with van der Waals surface area (Å²) in [7, 11) is -1.13. The molecule has 0 aromatic heterocycles. The van der Waals surface area contributed by atoms with E-state index in [1.54, 1.807) is 0 Å². The van der Waals surface area contributed by atoms with Gasteiger partial charge in [0.25, 0.3) is 0 Å². The molecule has 0 saturated carbocycles. The van der Waals surface area contributed by atoms with E-state index < -0.39 is 15.0 Å². The van der Waals surface area contributed by atoms with Crippen LogP contribution in [0.4, 0.5) is 0 Å². The van der Waals surface area contributed by atoms with E-state index in [4.69, 9.17) is 9.53 Å². The number of carboxylic acids is 1. The minimum atomic E-state index is -1.13. The lowest BCUT2D eigenvalue weighted by molar-refractivity contribution is -0.146. The van der Waals surface area contributed by atoms with Gasteiger partial charge >= 0.3 is 5.97 Å². The molecule has 3 nitrogen and oxygen atoms in total. The highest BCUT2D eigenvalue weighted by Gasteiger charge is 2.33. The van der Waals surface area contributed by atoms with Gasteiger partial charge in [-0.2, -0.15) is 0 Å². The molecule has 4 heteroatoms. The van der Waals surface area contributed by atoms with Crippen molar-refractivity contribution in [1.29, 1.82) is 0 Å². The van der Waals surface area contributed by atoms with Crippen LogP contribution in [0.5, 0.6) is 0 Å². The van der Waals surface area contributed by atoms with Crippen LogP contribution in [-0.4, -0.2) is 26.7 Å². The molecule has 0 aliphatic rings. The van der Waals surface area contributed by atoms with E-state index in [1.807, 2.05) is 6.92 Å². The molecule has 0 aliphatic heterocycles. The lowest BCUT2D eigenvalue weighted by atomic mass is 9.74. The van der Waals surface area contributed by atoms with Crippen molar-refractivity contribution < 1.29 is 14.3 Å². The summed E-state index contributed by atoms with van der Waals surface area (Å²) >= 11 is 0. The van der Waals surface area contributed by atoms with Gasteiger partial charge in [-0.05, 0) is 24.4 Å². The molecule has 0 aliphatic carbocycles. The third kappa shape index (κ3) is 5.32. The summed E-state index contributed by atoms with van der Waals surface area (Å²) < 4.78 is 5.54. The van der Waals surface area contributed by atoms with Gasteiger partial charge in [0.15, 0.2) is 9.04 Å². The first-order chi connectivity index (χ1) is 6.66. The highest BCUT2D eigenvalue weighted by Crippen LogP contribution is 2.32. The molecule has 0 radical (unpaired) electrons. The Labute approximate surface area is 94.6 Å². The molecule has 15 heavy (non-hydrogen) atoms. The highest BCUT2D eigenvalue weighted by atomic mass is 28.3. The van der Waals surface area contributed by atoms with E-state index in [9.17, 15) is 4.79 Å². The van der Waals surface area contributed by atoms with Gasteiger partial charge in [-0.15, -0.1) is 0 Å². The van der Waals surface area contributed by atoms with Gasteiger partial charge in [0, 0.05) is 6.61 Å². The summed E-state index contributed by atoms with van der Waals surface area (Å²) in [6.45, 7) is 12.7. The van der Waals surface area contributed by atoms with Crippen molar-refractivity contribution in [3.05, 3.63) is 0 Å². The van der Waals surface area contributed by atoms with Crippen molar-refractivity contribution in [2.24, 2.45) is 17.3 Å². The maximum absolute atomic E-state index is 11.1. The average molecular weight is 232 g/mol. The molecule has 2 atom stereocenters. The Kier molecular flexibility index (Phi) is 5.52. The van der Waals surface area contributed by atoms with Crippen LogP contribution in [-0.2, 0) is 9.22 Å². The third-order valence-electron chi connectivity index (χ3n) is 2.90. The largest absolute Gasteiger partial charge is 0.481 e. The molecular formula is C11H24O3Si. The van der Waals surface area contributed by atoms with Crippen molar-refractivity contribution in [2.75, 3.05) is 6.61 Å². The predicted octanol–water partition coefficient (Wildman–Crippen LogP) is 2.37. The monoisotopic (exact) mass is 232 g/mol. The molecule has 0 aromatic carbocycles. The molecule has 1 N–H and O–H groups in total. The minimum absolute atomic E-state index is 0.00491. The van der Waals surface area contributed by atoms with Gasteiger partial charge < -0.3 is 9.53 Å². The maximum Gasteiger partial charge on any atom is 0.309 e. The van der Waals surface area contributed by atoms with E-state index in [-0.39, 0.29) is 17.3 Å². The molecule has 0 aromatic rings. The van der Waals surface area contributed by atoms with Crippen LogP contribution in [0.1, 0.15) is 27.7 Å². The second-order valence-electron chi connectivity index (χ2n) is 5.48. The summed E-state index contributed by atoms with van der Waals surface area (Å²) in [5.41, 5.74) is 0.00491. The van der Waals surface area contributed by atoms with Gasteiger partial charge in [-0.3, -0.25) is 4.79 Å². The fraction of sp³-hybridized carbons (Fsp3) is 0.909. The quantitative estimate of drug-likeness (QED) is 0.740. The summed E-state index contributed by atoms with van der Waals surface area (Å²) in [5, 5.41) is 9.16. The van der Waals surface area contributed by atoms with Crippen LogP contribution in [0, 0.1) is 17.3 Å². The van der Waals surface area contributed by atoms with Gasteiger partial charge in [-0.25, -0.2) is 0 Å². The first-order valence-corrected chi connectivity index (χ1v) is 8.28. The first-order valence-electron chi connectivity index (χ1n) is 5.50. The fourth-order valence-electron chi connectivity index (χ4n) is 1.33. The molecule has 0 bridgehead atoms. The standard InChI is InChI=1S/C11H24O3Si/c1-8(11(2,3)4)9(10(12)13)7-14-15(5)6/h8-9,15H,7H2,1-6H3,(H,12,13)/t8-,9?/m1/s1. The molecule has 1 unspecified atom stereocenters. The fourth-order valence-corrected chi connectivity index (χ4v) is 1.92.